The fourth-order valence-corrected chi connectivity index (χ4v) is 4.77. The SMILES string of the molecule is O=C(CSc1nc(-c2cccs2)c(-c2cccs2)[nH]1)Nc1cc([N+](=O)[O-])ccc1F. The fourth-order valence-electron chi connectivity index (χ4n) is 2.65. The van der Waals surface area contributed by atoms with Crippen LogP contribution in [-0.2, 0) is 4.79 Å². The van der Waals surface area contributed by atoms with Gasteiger partial charge in [-0.2, -0.15) is 0 Å². The largest absolute Gasteiger partial charge is 0.332 e. The highest BCUT2D eigenvalue weighted by Gasteiger charge is 2.18. The standard InChI is InChI=1S/C19H13FN4O3S3/c20-12-6-5-11(24(26)27)9-13(12)21-16(25)10-30-19-22-17(14-3-1-7-28-14)18(23-19)15-4-2-8-29-15/h1-9H,10H2,(H,21,25)(H,22,23). The summed E-state index contributed by atoms with van der Waals surface area (Å²) in [6.45, 7) is 0. The number of nitrogens with one attached hydrogen (secondary N) is 2. The van der Waals surface area contributed by atoms with Gasteiger partial charge in [-0.15, -0.1) is 22.7 Å². The Kier molecular flexibility index (Phi) is 5.93. The first-order chi connectivity index (χ1) is 14.5. The van der Waals surface area contributed by atoms with Gasteiger partial charge in [0.05, 0.1) is 31.8 Å². The quantitative estimate of drug-likeness (QED) is 0.211. The number of anilines is 1. The summed E-state index contributed by atoms with van der Waals surface area (Å²) in [6.07, 6.45) is 0. The van der Waals surface area contributed by atoms with Crippen molar-refractivity contribution in [2.45, 2.75) is 5.16 Å². The van der Waals surface area contributed by atoms with Crippen LogP contribution in [0.1, 0.15) is 0 Å². The van der Waals surface area contributed by atoms with Gasteiger partial charge >= 0.3 is 0 Å². The number of nitro benzene ring substituents is 1. The second-order valence-corrected chi connectivity index (χ2v) is 8.84. The van der Waals surface area contributed by atoms with Crippen LogP contribution in [0.3, 0.4) is 0 Å². The number of hydrogen-bond donors (Lipinski definition) is 2. The first-order valence-electron chi connectivity index (χ1n) is 8.55. The van der Waals surface area contributed by atoms with Crippen LogP contribution in [0, 0.1) is 15.9 Å². The highest BCUT2D eigenvalue weighted by Crippen LogP contribution is 2.36. The smallest absolute Gasteiger partial charge is 0.271 e. The van der Waals surface area contributed by atoms with E-state index in [2.05, 4.69) is 15.3 Å². The van der Waals surface area contributed by atoms with Crippen LogP contribution in [0.2, 0.25) is 0 Å². The van der Waals surface area contributed by atoms with E-state index in [0.717, 1.165) is 39.3 Å². The summed E-state index contributed by atoms with van der Waals surface area (Å²) in [4.78, 5) is 32.4. The Labute approximate surface area is 182 Å². The van der Waals surface area contributed by atoms with E-state index in [-0.39, 0.29) is 17.1 Å². The number of imidazole rings is 1. The molecule has 11 heteroatoms. The number of hydrogen-bond acceptors (Lipinski definition) is 7. The van der Waals surface area contributed by atoms with Gasteiger partial charge in [-0.3, -0.25) is 14.9 Å². The first-order valence-corrected chi connectivity index (χ1v) is 11.3. The van der Waals surface area contributed by atoms with Gasteiger partial charge in [0.2, 0.25) is 5.91 Å². The van der Waals surface area contributed by atoms with Crippen LogP contribution in [0.4, 0.5) is 15.8 Å². The van der Waals surface area contributed by atoms with E-state index in [1.807, 2.05) is 35.0 Å². The number of thiophene rings is 2. The third kappa shape index (κ3) is 4.42. The Morgan fingerprint density at radius 1 is 1.20 bits per heavy atom. The van der Waals surface area contributed by atoms with Crippen molar-refractivity contribution in [2.24, 2.45) is 0 Å². The van der Waals surface area contributed by atoms with E-state index in [1.54, 1.807) is 22.7 Å². The molecule has 0 radical (unpaired) electrons. The number of amides is 1. The molecule has 3 heterocycles. The lowest BCUT2D eigenvalue weighted by Gasteiger charge is -2.05. The number of benzene rings is 1. The Bertz CT molecular complexity index is 1140. The van der Waals surface area contributed by atoms with Gasteiger partial charge < -0.3 is 10.3 Å². The van der Waals surface area contributed by atoms with Gasteiger partial charge in [-0.05, 0) is 29.0 Å². The minimum absolute atomic E-state index is 0.0383. The molecule has 0 saturated heterocycles. The van der Waals surface area contributed by atoms with E-state index in [0.29, 0.717) is 5.16 Å². The summed E-state index contributed by atoms with van der Waals surface area (Å²) in [5.41, 5.74) is 1.15. The second kappa shape index (κ2) is 8.78. The zero-order chi connectivity index (χ0) is 21.1. The van der Waals surface area contributed by atoms with Crippen molar-refractivity contribution in [3.63, 3.8) is 0 Å². The highest BCUT2D eigenvalue weighted by molar-refractivity contribution is 7.99. The summed E-state index contributed by atoms with van der Waals surface area (Å²) in [5.74, 6) is -1.27. The lowest BCUT2D eigenvalue weighted by atomic mass is 10.2. The normalized spacial score (nSPS) is 10.8. The molecule has 0 fully saturated rings. The zero-order valence-corrected chi connectivity index (χ0v) is 17.6. The molecule has 0 aliphatic heterocycles. The maximum atomic E-state index is 13.9. The van der Waals surface area contributed by atoms with Gasteiger partial charge in [-0.25, -0.2) is 9.37 Å². The molecule has 4 aromatic rings. The molecule has 0 bridgehead atoms. The number of non-ortho nitro benzene ring substituents is 1. The van der Waals surface area contributed by atoms with Crippen molar-refractivity contribution in [3.05, 3.63) is 69.2 Å². The van der Waals surface area contributed by atoms with Gasteiger partial charge in [0.15, 0.2) is 5.16 Å². The lowest BCUT2D eigenvalue weighted by Crippen LogP contribution is -2.15. The number of nitro groups is 1. The number of carbonyl (C=O) groups is 1. The van der Waals surface area contributed by atoms with Crippen molar-refractivity contribution in [2.75, 3.05) is 11.1 Å². The van der Waals surface area contributed by atoms with Gasteiger partial charge in [0.1, 0.15) is 11.5 Å². The average molecular weight is 461 g/mol. The summed E-state index contributed by atoms with van der Waals surface area (Å²) < 4.78 is 13.9. The van der Waals surface area contributed by atoms with Gasteiger partial charge in [0, 0.05) is 12.1 Å². The van der Waals surface area contributed by atoms with Crippen LogP contribution < -0.4 is 5.32 Å². The van der Waals surface area contributed by atoms with Crippen LogP contribution >= 0.6 is 34.4 Å². The molecule has 30 heavy (non-hydrogen) atoms. The molecule has 0 spiro atoms. The van der Waals surface area contributed by atoms with Gasteiger partial charge in [0.25, 0.3) is 5.69 Å². The Hall–Kier alpha value is -3.02. The highest BCUT2D eigenvalue weighted by atomic mass is 32.2. The molecule has 152 valence electrons. The molecular weight excluding hydrogens is 447 g/mol. The van der Waals surface area contributed by atoms with Crippen LogP contribution in [0.15, 0.2) is 58.4 Å². The van der Waals surface area contributed by atoms with Crippen molar-refractivity contribution < 1.29 is 14.1 Å². The number of aromatic nitrogens is 2. The Morgan fingerprint density at radius 2 is 1.93 bits per heavy atom. The zero-order valence-electron chi connectivity index (χ0n) is 15.1. The van der Waals surface area contributed by atoms with Crippen LogP contribution in [0.5, 0.6) is 0 Å². The number of nitrogens with zero attached hydrogens (tertiary/aromatic N) is 2. The minimum Gasteiger partial charge on any atom is -0.332 e. The number of rotatable bonds is 7. The Balaban J connectivity index is 1.49. The summed E-state index contributed by atoms with van der Waals surface area (Å²) in [6, 6.07) is 10.8. The molecule has 1 amide bonds. The first kappa shape index (κ1) is 20.3. The maximum Gasteiger partial charge on any atom is 0.271 e. The number of H-pyrrole nitrogens is 1. The molecule has 1 aromatic carbocycles. The molecule has 2 N–H and O–H groups in total. The average Bonchev–Trinajstić information content (AvgIpc) is 3.47. The number of halogens is 1. The number of thioether (sulfide) groups is 1. The van der Waals surface area contributed by atoms with Crippen LogP contribution in [-0.4, -0.2) is 26.6 Å². The minimum atomic E-state index is -0.739. The van der Waals surface area contributed by atoms with E-state index in [1.165, 1.54) is 11.8 Å². The van der Waals surface area contributed by atoms with E-state index >= 15 is 0 Å². The third-order valence-electron chi connectivity index (χ3n) is 3.98. The molecule has 3 aromatic heterocycles. The van der Waals surface area contributed by atoms with E-state index in [9.17, 15) is 19.3 Å². The number of aromatic amines is 1. The molecule has 0 unspecified atom stereocenters. The third-order valence-corrected chi connectivity index (χ3v) is 6.62. The maximum absolute atomic E-state index is 13.9. The predicted molar refractivity (Wildman–Crippen MR) is 118 cm³/mol. The van der Waals surface area contributed by atoms with E-state index in [4.69, 9.17) is 0 Å². The van der Waals surface area contributed by atoms with E-state index < -0.39 is 16.6 Å². The van der Waals surface area contributed by atoms with Crippen molar-refractivity contribution in [1.82, 2.24) is 9.97 Å². The molecule has 0 atom stereocenters. The lowest BCUT2D eigenvalue weighted by molar-refractivity contribution is -0.384. The number of carbonyl (C=O) groups excluding carboxylic acids is 1. The summed E-state index contributed by atoms with van der Waals surface area (Å²) >= 11 is 4.32. The van der Waals surface area contributed by atoms with Crippen molar-refractivity contribution in [1.29, 1.82) is 0 Å². The predicted octanol–water partition coefficient (Wildman–Crippen LogP) is 5.64. The molecule has 0 aliphatic rings. The topological polar surface area (TPSA) is 101 Å². The van der Waals surface area contributed by atoms with Gasteiger partial charge in [-0.1, -0.05) is 23.9 Å². The molecule has 4 rings (SSSR count). The molecule has 7 nitrogen and oxygen atoms in total. The second-order valence-electron chi connectivity index (χ2n) is 5.98. The molecular formula is C19H13FN4O3S3. The van der Waals surface area contributed by atoms with Crippen molar-refractivity contribution in [3.8, 4) is 21.1 Å². The summed E-state index contributed by atoms with van der Waals surface area (Å²) in [7, 11) is 0. The molecule has 0 aliphatic carbocycles. The molecule has 0 saturated carbocycles. The van der Waals surface area contributed by atoms with Crippen LogP contribution in [0.25, 0.3) is 21.1 Å². The Morgan fingerprint density at radius 3 is 2.60 bits per heavy atom. The fraction of sp³-hybridized carbons (Fsp3) is 0.0526. The monoisotopic (exact) mass is 460 g/mol. The van der Waals surface area contributed by atoms with Crippen molar-refractivity contribution >= 4 is 51.7 Å². The summed E-state index contributed by atoms with van der Waals surface area (Å²) in [5, 5.41) is 17.7.